The molecule has 1 N–H and O–H groups in total. The zero-order valence-corrected chi connectivity index (χ0v) is 20.4. The molecule has 0 aliphatic heterocycles. The molecule has 0 saturated heterocycles. The molecule has 0 unspecified atom stereocenters. The molecule has 0 aliphatic rings. The fraction of sp³-hybridized carbons (Fsp3) is 0.174. The van der Waals surface area contributed by atoms with Gasteiger partial charge in [-0.05, 0) is 64.0 Å². The second kappa shape index (κ2) is 11.2. The maximum atomic E-state index is 6.03. The van der Waals surface area contributed by atoms with E-state index in [1.807, 2.05) is 60.7 Å². The molecule has 30 heavy (non-hydrogen) atoms. The minimum atomic E-state index is 0.466. The number of nitrogens with zero attached hydrogens (tertiary/aromatic N) is 1. The first kappa shape index (κ1) is 22.4. The molecule has 7 heteroatoms. The smallest absolute Gasteiger partial charge is 0.174 e. The molecule has 0 saturated carbocycles. The fourth-order valence-corrected chi connectivity index (χ4v) is 3.84. The third-order valence-electron chi connectivity index (χ3n) is 4.32. The number of hydrogen-bond acceptors (Lipinski definition) is 5. The van der Waals surface area contributed by atoms with Gasteiger partial charge in [-0.1, -0.05) is 46.3 Å². The first-order valence-corrected chi connectivity index (χ1v) is 11.1. The number of rotatable bonds is 9. The van der Waals surface area contributed by atoms with Crippen LogP contribution in [-0.4, -0.2) is 20.4 Å². The van der Waals surface area contributed by atoms with E-state index in [0.717, 1.165) is 36.2 Å². The van der Waals surface area contributed by atoms with Gasteiger partial charge in [-0.15, -0.1) is 0 Å². The van der Waals surface area contributed by atoms with Gasteiger partial charge in [0.15, 0.2) is 11.5 Å². The van der Waals surface area contributed by atoms with E-state index in [1.54, 1.807) is 20.4 Å². The first-order valence-electron chi connectivity index (χ1n) is 9.23. The van der Waals surface area contributed by atoms with Crippen LogP contribution in [-0.2, 0) is 13.2 Å². The Morgan fingerprint density at radius 3 is 2.47 bits per heavy atom. The number of nitrogens with one attached hydrogen (secondary N) is 1. The van der Waals surface area contributed by atoms with E-state index >= 15 is 0 Å². The minimum Gasteiger partial charge on any atom is -0.496 e. The number of methoxy groups -OCH3 is 2. The molecule has 0 atom stereocenters. The van der Waals surface area contributed by atoms with Crippen LogP contribution in [0.25, 0.3) is 0 Å². The van der Waals surface area contributed by atoms with Crippen LogP contribution in [0.5, 0.6) is 17.2 Å². The number of para-hydroxylation sites is 1. The van der Waals surface area contributed by atoms with E-state index in [-0.39, 0.29) is 0 Å². The third-order valence-corrected chi connectivity index (χ3v) is 5.65. The predicted octanol–water partition coefficient (Wildman–Crippen LogP) is 5.77. The van der Waals surface area contributed by atoms with Crippen molar-refractivity contribution >= 4 is 44.7 Å². The molecule has 0 spiro atoms. The summed E-state index contributed by atoms with van der Waals surface area (Å²) < 4.78 is 18.9. The number of benzene rings is 3. The van der Waals surface area contributed by atoms with E-state index in [1.165, 1.54) is 0 Å². The van der Waals surface area contributed by atoms with Gasteiger partial charge < -0.3 is 19.6 Å². The van der Waals surface area contributed by atoms with Crippen molar-refractivity contribution in [3.63, 3.8) is 0 Å². The molecule has 156 valence electrons. The zero-order chi connectivity index (χ0) is 21.3. The Morgan fingerprint density at radius 1 is 1.00 bits per heavy atom. The Morgan fingerprint density at radius 2 is 1.73 bits per heavy atom. The molecule has 0 aliphatic carbocycles. The van der Waals surface area contributed by atoms with Crippen LogP contribution in [0.15, 0.2) is 70.2 Å². The largest absolute Gasteiger partial charge is 0.496 e. The van der Waals surface area contributed by atoms with E-state index in [4.69, 9.17) is 14.2 Å². The lowest BCUT2D eigenvalue weighted by Gasteiger charge is -2.13. The van der Waals surface area contributed by atoms with Gasteiger partial charge in [-0.25, -0.2) is 0 Å². The summed E-state index contributed by atoms with van der Waals surface area (Å²) in [5.74, 6) is 2.23. The van der Waals surface area contributed by atoms with Gasteiger partial charge in [-0.3, -0.25) is 0 Å². The molecule has 3 aromatic carbocycles. The van der Waals surface area contributed by atoms with Crippen LogP contribution in [0.4, 0.5) is 0 Å². The van der Waals surface area contributed by atoms with E-state index in [0.29, 0.717) is 18.9 Å². The van der Waals surface area contributed by atoms with Crippen molar-refractivity contribution in [2.24, 2.45) is 5.10 Å². The fourth-order valence-electron chi connectivity index (χ4n) is 2.79. The van der Waals surface area contributed by atoms with Crippen LogP contribution in [0.2, 0.25) is 0 Å². The number of halogens is 2. The standard InChI is InChI=1S/C23H22BrIN2O3/c1-28-21-6-4-3-5-18(21)14-27-26-13-17-11-20(25)23(22(12-17)29-2)30-15-16-7-9-19(24)10-8-16/h3-13,27H,14-15H2,1-2H3/b26-13-. The van der Waals surface area contributed by atoms with Crippen molar-refractivity contribution in [1.29, 1.82) is 0 Å². The Bertz CT molecular complexity index is 1010. The second-order valence-corrected chi connectivity index (χ2v) is 8.43. The zero-order valence-electron chi connectivity index (χ0n) is 16.7. The van der Waals surface area contributed by atoms with E-state index in [9.17, 15) is 0 Å². The molecule has 0 radical (unpaired) electrons. The molecule has 5 nitrogen and oxygen atoms in total. The maximum Gasteiger partial charge on any atom is 0.174 e. The molecule has 3 rings (SSSR count). The van der Waals surface area contributed by atoms with Crippen molar-refractivity contribution in [2.75, 3.05) is 14.2 Å². The second-order valence-electron chi connectivity index (χ2n) is 6.35. The van der Waals surface area contributed by atoms with Gasteiger partial charge in [0.1, 0.15) is 12.4 Å². The Balaban J connectivity index is 1.65. The molecule has 0 fully saturated rings. The van der Waals surface area contributed by atoms with Gasteiger partial charge in [0.05, 0.1) is 30.5 Å². The van der Waals surface area contributed by atoms with E-state index < -0.39 is 0 Å². The summed E-state index contributed by atoms with van der Waals surface area (Å²) in [7, 11) is 3.30. The van der Waals surface area contributed by atoms with Crippen LogP contribution < -0.4 is 19.6 Å². The normalized spacial score (nSPS) is 10.8. The topological polar surface area (TPSA) is 52.1 Å². The number of hydrogen-bond donors (Lipinski definition) is 1. The lowest BCUT2D eigenvalue weighted by Crippen LogP contribution is -2.07. The number of hydrazone groups is 1. The average molecular weight is 581 g/mol. The summed E-state index contributed by atoms with van der Waals surface area (Å²) in [6.45, 7) is 1.04. The molecular weight excluding hydrogens is 559 g/mol. The highest BCUT2D eigenvalue weighted by molar-refractivity contribution is 14.1. The highest BCUT2D eigenvalue weighted by Gasteiger charge is 2.11. The van der Waals surface area contributed by atoms with Gasteiger partial charge in [0.25, 0.3) is 0 Å². The van der Waals surface area contributed by atoms with Crippen molar-refractivity contribution in [2.45, 2.75) is 13.2 Å². The Hall–Kier alpha value is -2.26. The van der Waals surface area contributed by atoms with Gasteiger partial charge in [0.2, 0.25) is 0 Å². The summed E-state index contributed by atoms with van der Waals surface area (Å²) in [6, 6.07) is 19.8. The Labute approximate surface area is 198 Å². The number of ether oxygens (including phenoxy) is 3. The van der Waals surface area contributed by atoms with Crippen LogP contribution in [0.1, 0.15) is 16.7 Å². The van der Waals surface area contributed by atoms with Gasteiger partial charge in [-0.2, -0.15) is 5.10 Å². The molecule has 0 amide bonds. The van der Waals surface area contributed by atoms with Gasteiger partial charge >= 0.3 is 0 Å². The van der Waals surface area contributed by atoms with Crippen molar-refractivity contribution in [3.05, 3.63) is 85.4 Å². The first-order chi connectivity index (χ1) is 14.6. The van der Waals surface area contributed by atoms with Crippen LogP contribution in [0.3, 0.4) is 0 Å². The van der Waals surface area contributed by atoms with Crippen LogP contribution in [0, 0.1) is 3.57 Å². The summed E-state index contributed by atoms with van der Waals surface area (Å²) in [6.07, 6.45) is 1.76. The molecule has 0 aromatic heterocycles. The van der Waals surface area contributed by atoms with Crippen LogP contribution >= 0.6 is 38.5 Å². The average Bonchev–Trinajstić information content (AvgIpc) is 2.77. The molecule has 0 heterocycles. The van der Waals surface area contributed by atoms with Crippen molar-refractivity contribution in [1.82, 2.24) is 5.43 Å². The Kier molecular flexibility index (Phi) is 8.39. The SMILES string of the molecule is COc1ccccc1CN/N=C\c1cc(I)c(OCc2ccc(Br)cc2)c(OC)c1. The monoisotopic (exact) mass is 580 g/mol. The quantitative estimate of drug-likeness (QED) is 0.198. The molecular formula is C23H22BrIN2O3. The predicted molar refractivity (Wildman–Crippen MR) is 132 cm³/mol. The highest BCUT2D eigenvalue weighted by atomic mass is 127. The third kappa shape index (κ3) is 6.12. The lowest BCUT2D eigenvalue weighted by molar-refractivity contribution is 0.282. The summed E-state index contributed by atoms with van der Waals surface area (Å²) >= 11 is 5.70. The van der Waals surface area contributed by atoms with Crippen molar-refractivity contribution in [3.8, 4) is 17.2 Å². The summed E-state index contributed by atoms with van der Waals surface area (Å²) in [5.41, 5.74) is 6.10. The van der Waals surface area contributed by atoms with E-state index in [2.05, 4.69) is 49.0 Å². The highest BCUT2D eigenvalue weighted by Crippen LogP contribution is 2.34. The summed E-state index contributed by atoms with van der Waals surface area (Å²) in [4.78, 5) is 0. The van der Waals surface area contributed by atoms with Gasteiger partial charge in [0, 0.05) is 10.0 Å². The lowest BCUT2D eigenvalue weighted by atomic mass is 10.2. The molecule has 0 bridgehead atoms. The van der Waals surface area contributed by atoms with Crippen molar-refractivity contribution < 1.29 is 14.2 Å². The maximum absolute atomic E-state index is 6.03. The summed E-state index contributed by atoms with van der Waals surface area (Å²) in [5, 5.41) is 4.33. The minimum absolute atomic E-state index is 0.466. The molecule has 3 aromatic rings.